The number of hydrogen-bond acceptors (Lipinski definition) is 11. The first-order valence-corrected chi connectivity index (χ1v) is 15.0. The Hall–Kier alpha value is -5.10. The number of carboxylic acid groups (broad SMARTS) is 3. The predicted octanol–water partition coefficient (Wildman–Crippen LogP) is 1.48. The SMILES string of the molecule is C[C@H](O)CNC1CCC(Oc2cc(Nc3ccn(-c4ccccn4)n3)c3ncn(C)c3c2)CC1.O.O=C(O)CC(O)(CC(=O)O)C(=O)O. The van der Waals surface area contributed by atoms with Gasteiger partial charge in [0, 0.05) is 50.2 Å². The van der Waals surface area contributed by atoms with Crippen LogP contribution in [0.25, 0.3) is 16.9 Å². The molecule has 0 saturated heterocycles. The number of fused-ring (bicyclic) bond motifs is 1. The smallest absolute Gasteiger partial charge is 0.336 e. The van der Waals surface area contributed by atoms with E-state index in [0.29, 0.717) is 18.4 Å². The summed E-state index contributed by atoms with van der Waals surface area (Å²) in [5.41, 5.74) is -0.0196. The minimum atomic E-state index is -2.74. The molecule has 4 aromatic rings. The van der Waals surface area contributed by atoms with Crippen molar-refractivity contribution < 1.29 is 50.1 Å². The number of hydrogen-bond donors (Lipinski definition) is 7. The van der Waals surface area contributed by atoms with Crippen molar-refractivity contribution in [1.29, 1.82) is 0 Å². The van der Waals surface area contributed by atoms with E-state index in [1.54, 1.807) is 10.9 Å². The molecule has 1 aromatic carbocycles. The molecule has 1 saturated carbocycles. The number of aryl methyl sites for hydroxylation is 1. The fourth-order valence-electron chi connectivity index (χ4n) is 5.14. The summed E-state index contributed by atoms with van der Waals surface area (Å²) in [6, 6.07) is 12.2. The van der Waals surface area contributed by atoms with Crippen molar-refractivity contribution >= 4 is 40.4 Å². The Bertz CT molecular complexity index is 1650. The lowest BCUT2D eigenvalue weighted by Crippen LogP contribution is -2.42. The highest BCUT2D eigenvalue weighted by Crippen LogP contribution is 2.32. The number of nitrogens with one attached hydrogen (secondary N) is 2. The quantitative estimate of drug-likeness (QED) is 0.106. The first-order valence-electron chi connectivity index (χ1n) is 15.0. The number of carboxylic acids is 3. The lowest BCUT2D eigenvalue weighted by atomic mass is 9.93. The molecular weight excluding hydrogens is 630 g/mol. The molecule has 17 heteroatoms. The summed E-state index contributed by atoms with van der Waals surface area (Å²) in [5, 5.41) is 54.8. The van der Waals surface area contributed by atoms with Crippen molar-refractivity contribution in [1.82, 2.24) is 29.6 Å². The van der Waals surface area contributed by atoms with E-state index in [1.807, 2.05) is 61.4 Å². The van der Waals surface area contributed by atoms with E-state index in [1.165, 1.54) is 0 Å². The van der Waals surface area contributed by atoms with E-state index in [9.17, 15) is 19.5 Å². The summed E-state index contributed by atoms with van der Waals surface area (Å²) in [5.74, 6) is -2.73. The van der Waals surface area contributed by atoms with Gasteiger partial charge in [0.1, 0.15) is 11.3 Å². The van der Waals surface area contributed by atoms with Crippen molar-refractivity contribution in [2.45, 2.75) is 69.3 Å². The third kappa shape index (κ3) is 10.2. The van der Waals surface area contributed by atoms with Crippen LogP contribution in [0.2, 0.25) is 0 Å². The standard InChI is InChI=1S/C25H31N7O2.C6H8O7.H2O/c1-17(33)15-27-18-6-8-19(9-7-18)34-20-13-21(25-22(14-20)31(2)16-28-25)29-23-10-12-32(30-23)24-5-3-4-11-26-24;7-3(8)1-6(13,5(11)12)2-4(9)10;/h3-5,10-14,16-19,27,33H,6-9,15H2,1-2H3,(H,29,30);13H,1-2H2,(H,7,8)(H,9,10)(H,11,12);1H2/t17-,18?,19?;;/m0../s1. The molecule has 0 amide bonds. The van der Waals surface area contributed by atoms with Crippen LogP contribution in [-0.4, -0.2) is 104 Å². The van der Waals surface area contributed by atoms with Gasteiger partial charge in [-0.15, -0.1) is 5.10 Å². The number of aliphatic hydroxyl groups is 2. The molecule has 260 valence electrons. The van der Waals surface area contributed by atoms with Crippen LogP contribution < -0.4 is 15.4 Å². The molecule has 3 aromatic heterocycles. The minimum Gasteiger partial charge on any atom is -0.490 e. The second kappa shape index (κ2) is 16.6. The molecule has 0 unspecified atom stereocenters. The average molecular weight is 672 g/mol. The van der Waals surface area contributed by atoms with E-state index >= 15 is 0 Å². The molecule has 0 radical (unpaired) electrons. The largest absolute Gasteiger partial charge is 0.490 e. The number of benzene rings is 1. The van der Waals surface area contributed by atoms with Gasteiger partial charge in [0.15, 0.2) is 17.2 Å². The van der Waals surface area contributed by atoms with E-state index in [4.69, 9.17) is 25.2 Å². The van der Waals surface area contributed by atoms with Crippen LogP contribution in [0.15, 0.2) is 55.1 Å². The molecule has 1 atom stereocenters. The zero-order valence-corrected chi connectivity index (χ0v) is 26.5. The lowest BCUT2D eigenvalue weighted by Gasteiger charge is -2.30. The second-order valence-corrected chi connectivity index (χ2v) is 11.5. The van der Waals surface area contributed by atoms with Crippen molar-refractivity contribution in [3.05, 3.63) is 55.1 Å². The van der Waals surface area contributed by atoms with Crippen LogP contribution in [0.1, 0.15) is 45.4 Å². The van der Waals surface area contributed by atoms with Crippen molar-refractivity contribution in [2.75, 3.05) is 11.9 Å². The number of nitrogens with zero attached hydrogens (tertiary/aromatic N) is 5. The molecule has 0 spiro atoms. The van der Waals surface area contributed by atoms with Crippen LogP contribution in [0.4, 0.5) is 11.5 Å². The molecular formula is C31H41N7O10. The van der Waals surface area contributed by atoms with Crippen molar-refractivity contribution in [2.24, 2.45) is 7.05 Å². The Balaban J connectivity index is 0.000000382. The van der Waals surface area contributed by atoms with Gasteiger partial charge in [-0.1, -0.05) is 6.07 Å². The molecule has 17 nitrogen and oxygen atoms in total. The highest BCUT2D eigenvalue weighted by Gasteiger charge is 2.40. The molecule has 1 fully saturated rings. The van der Waals surface area contributed by atoms with Crippen molar-refractivity contribution in [3.8, 4) is 11.6 Å². The summed E-state index contributed by atoms with van der Waals surface area (Å²) in [4.78, 5) is 39.4. The third-order valence-corrected chi connectivity index (χ3v) is 7.50. The zero-order chi connectivity index (χ0) is 34.1. The Labute approximate surface area is 275 Å². The number of aromatic nitrogens is 5. The molecule has 48 heavy (non-hydrogen) atoms. The van der Waals surface area contributed by atoms with Gasteiger partial charge < -0.3 is 50.9 Å². The highest BCUT2D eigenvalue weighted by molar-refractivity contribution is 5.91. The summed E-state index contributed by atoms with van der Waals surface area (Å²) in [6.07, 6.45) is 7.06. The fraction of sp³-hybridized carbons (Fsp3) is 0.419. The van der Waals surface area contributed by atoms with Crippen molar-refractivity contribution in [3.63, 3.8) is 0 Å². The van der Waals surface area contributed by atoms with Crippen LogP contribution in [0.3, 0.4) is 0 Å². The highest BCUT2D eigenvalue weighted by atomic mass is 16.5. The molecule has 3 heterocycles. The zero-order valence-electron chi connectivity index (χ0n) is 26.5. The van der Waals surface area contributed by atoms with Gasteiger partial charge in [0.05, 0.1) is 42.6 Å². The molecule has 5 rings (SSSR count). The molecule has 0 bridgehead atoms. The van der Waals surface area contributed by atoms with Gasteiger partial charge in [0.2, 0.25) is 0 Å². The maximum Gasteiger partial charge on any atom is 0.336 e. The monoisotopic (exact) mass is 671 g/mol. The Morgan fingerprint density at radius 1 is 1.04 bits per heavy atom. The van der Waals surface area contributed by atoms with Gasteiger partial charge in [0.25, 0.3) is 0 Å². The topological polar surface area (TPSA) is 266 Å². The number of aliphatic hydroxyl groups excluding tert-OH is 1. The predicted molar refractivity (Wildman–Crippen MR) is 172 cm³/mol. The number of anilines is 2. The van der Waals surface area contributed by atoms with Gasteiger partial charge in [-0.3, -0.25) is 9.59 Å². The summed E-state index contributed by atoms with van der Waals surface area (Å²) in [6.45, 7) is 2.45. The maximum absolute atomic E-state index is 10.3. The number of aliphatic carboxylic acids is 3. The Morgan fingerprint density at radius 3 is 2.31 bits per heavy atom. The van der Waals surface area contributed by atoms with Gasteiger partial charge in [-0.2, -0.15) is 0 Å². The number of imidazole rings is 1. The molecule has 1 aliphatic carbocycles. The molecule has 1 aliphatic rings. The normalized spacial score (nSPS) is 16.6. The number of carbonyl (C=O) groups is 3. The lowest BCUT2D eigenvalue weighted by molar-refractivity contribution is -0.170. The number of rotatable bonds is 13. The fourth-order valence-corrected chi connectivity index (χ4v) is 5.14. The summed E-state index contributed by atoms with van der Waals surface area (Å²) in [7, 11) is 1.98. The Morgan fingerprint density at radius 2 is 1.73 bits per heavy atom. The van der Waals surface area contributed by atoms with Crippen LogP contribution in [0.5, 0.6) is 5.75 Å². The Kier molecular flexibility index (Phi) is 13.0. The number of pyridine rings is 1. The van der Waals surface area contributed by atoms with E-state index in [2.05, 4.69) is 31.8 Å². The first kappa shape index (κ1) is 37.4. The van der Waals surface area contributed by atoms with Crippen LogP contribution in [0, 0.1) is 0 Å². The van der Waals surface area contributed by atoms with Crippen LogP contribution in [-0.2, 0) is 21.4 Å². The van der Waals surface area contributed by atoms with Gasteiger partial charge in [-0.25, -0.2) is 19.4 Å². The molecule has 9 N–H and O–H groups in total. The van der Waals surface area contributed by atoms with E-state index < -0.39 is 36.4 Å². The second-order valence-electron chi connectivity index (χ2n) is 11.5. The molecule has 0 aliphatic heterocycles. The minimum absolute atomic E-state index is 0. The maximum atomic E-state index is 10.3. The first-order chi connectivity index (χ1) is 22.3. The van der Waals surface area contributed by atoms with E-state index in [-0.39, 0.29) is 17.7 Å². The summed E-state index contributed by atoms with van der Waals surface area (Å²) >= 11 is 0. The number of ether oxygens (including phenoxy) is 1. The van der Waals surface area contributed by atoms with Crippen LogP contribution >= 0.6 is 0 Å². The van der Waals surface area contributed by atoms with Gasteiger partial charge >= 0.3 is 17.9 Å². The van der Waals surface area contributed by atoms with E-state index in [0.717, 1.165) is 54.0 Å². The summed E-state index contributed by atoms with van der Waals surface area (Å²) < 4.78 is 10.2. The average Bonchev–Trinajstić information content (AvgIpc) is 3.63. The third-order valence-electron chi connectivity index (χ3n) is 7.50. The van der Waals surface area contributed by atoms with Gasteiger partial charge in [-0.05, 0) is 44.7 Å².